The third kappa shape index (κ3) is 5.73. The molecule has 3 aromatic carbocycles. The van der Waals surface area contributed by atoms with Crippen molar-refractivity contribution in [3.05, 3.63) is 102 Å². The van der Waals surface area contributed by atoms with Gasteiger partial charge in [0.2, 0.25) is 0 Å². The Morgan fingerprint density at radius 1 is 0.700 bits per heavy atom. The highest BCUT2D eigenvalue weighted by molar-refractivity contribution is 14.0. The number of guanidine groups is 1. The Kier molecular flexibility index (Phi) is 9.14. The van der Waals surface area contributed by atoms with Gasteiger partial charge >= 0.3 is 0 Å². The van der Waals surface area contributed by atoms with Crippen LogP contribution in [0.4, 0.5) is 5.69 Å². The van der Waals surface area contributed by atoms with Gasteiger partial charge in [-0.25, -0.2) is 0 Å². The van der Waals surface area contributed by atoms with Gasteiger partial charge in [0.25, 0.3) is 0 Å². The fourth-order valence-electron chi connectivity index (χ4n) is 3.71. The van der Waals surface area contributed by atoms with Gasteiger partial charge in [0.15, 0.2) is 5.96 Å². The normalized spacial score (nSPS) is 13.2. The Balaban J connectivity index is 0.00000160. The smallest absolute Gasteiger partial charge is 0.191 e. The molecule has 0 aliphatic carbocycles. The molecular weight excluding hydrogens is 487 g/mol. The third-order valence-corrected chi connectivity index (χ3v) is 5.26. The molecule has 0 radical (unpaired) electrons. The van der Waals surface area contributed by atoms with Crippen molar-refractivity contribution in [1.82, 2.24) is 10.2 Å². The lowest BCUT2D eigenvalue weighted by molar-refractivity contribution is 0.367. The first kappa shape index (κ1) is 23.7. The minimum absolute atomic E-state index is 0. The van der Waals surface area contributed by atoms with E-state index in [1.807, 2.05) is 18.2 Å². The number of hydrogen-bond donors (Lipinski definition) is 2. The van der Waals surface area contributed by atoms with Crippen molar-refractivity contribution in [2.45, 2.75) is 6.04 Å². The molecule has 0 bridgehead atoms. The largest absolute Gasteiger partial charge is 0.412 e. The van der Waals surface area contributed by atoms with E-state index in [0.717, 1.165) is 26.2 Å². The summed E-state index contributed by atoms with van der Waals surface area (Å²) in [5.41, 5.74) is 3.59. The van der Waals surface area contributed by atoms with Crippen molar-refractivity contribution in [1.29, 1.82) is 5.41 Å². The Labute approximate surface area is 195 Å². The maximum Gasteiger partial charge on any atom is 0.191 e. The monoisotopic (exact) mass is 516 g/mol. The molecule has 3 aromatic rings. The van der Waals surface area contributed by atoms with Crippen molar-refractivity contribution >= 4 is 35.6 Å². The van der Waals surface area contributed by atoms with Crippen molar-refractivity contribution in [2.24, 2.45) is 0 Å². The number of rotatable bonds is 4. The predicted octanol–water partition coefficient (Wildman–Crippen LogP) is 3.92. The summed E-state index contributed by atoms with van der Waals surface area (Å²) in [5.74, 6) is 0.491. The summed E-state index contributed by atoms with van der Waals surface area (Å²) < 4.78 is 0. The van der Waals surface area contributed by atoms with Crippen LogP contribution in [0.15, 0.2) is 91.0 Å². The van der Waals surface area contributed by atoms with Crippen LogP contribution >= 0.6 is 24.0 Å². The zero-order valence-corrected chi connectivity index (χ0v) is 19.2. The summed E-state index contributed by atoms with van der Waals surface area (Å²) in [6.45, 7) is 3.54. The molecule has 4 rings (SSSR count). The molecule has 0 aromatic heterocycles. The molecule has 0 saturated carbocycles. The Bertz CT molecular complexity index is 845. The van der Waals surface area contributed by atoms with E-state index in [9.17, 15) is 0 Å². The summed E-state index contributed by atoms with van der Waals surface area (Å²) in [7, 11) is 0. The molecule has 158 valence electrons. The summed E-state index contributed by atoms with van der Waals surface area (Å²) in [5, 5.41) is 12.1. The fraction of sp³-hybridized carbons (Fsp3) is 0.208. The number of nitrogens with zero attached hydrogens (tertiary/aromatic N) is 2. The Hall–Kier alpha value is -2.58. The van der Waals surface area contributed by atoms with Gasteiger partial charge in [-0.15, -0.1) is 24.0 Å². The van der Waals surface area contributed by atoms with Gasteiger partial charge in [-0.1, -0.05) is 78.9 Å². The van der Waals surface area contributed by atoms with Crippen LogP contribution in [0.3, 0.4) is 0 Å². The molecule has 6 heteroatoms. The quantitative estimate of drug-likeness (QED) is 0.314. The minimum Gasteiger partial charge on any atom is -0.412 e. The molecular formula is C24H29IN4O. The lowest BCUT2D eigenvalue weighted by Gasteiger charge is -2.38. The highest BCUT2D eigenvalue weighted by atomic mass is 127. The van der Waals surface area contributed by atoms with Crippen LogP contribution in [-0.2, 0) is 0 Å². The van der Waals surface area contributed by atoms with Gasteiger partial charge < -0.3 is 20.6 Å². The van der Waals surface area contributed by atoms with Crippen molar-refractivity contribution in [2.75, 3.05) is 31.1 Å². The average molecular weight is 516 g/mol. The molecule has 1 heterocycles. The first-order valence-electron chi connectivity index (χ1n) is 9.81. The Morgan fingerprint density at radius 2 is 1.13 bits per heavy atom. The molecule has 1 saturated heterocycles. The summed E-state index contributed by atoms with van der Waals surface area (Å²) in [6.07, 6.45) is 0. The van der Waals surface area contributed by atoms with E-state index < -0.39 is 0 Å². The van der Waals surface area contributed by atoms with E-state index in [-0.39, 0.29) is 35.5 Å². The zero-order valence-electron chi connectivity index (χ0n) is 16.9. The third-order valence-electron chi connectivity index (χ3n) is 5.26. The number of para-hydroxylation sites is 1. The SMILES string of the molecule is I.N=C(NC(c1ccccc1)c1ccccc1)N1CCN(c2ccccc2)CC1.O. The predicted molar refractivity (Wildman–Crippen MR) is 135 cm³/mol. The summed E-state index contributed by atoms with van der Waals surface area (Å²) in [6, 6.07) is 31.2. The van der Waals surface area contributed by atoms with E-state index in [1.54, 1.807) is 0 Å². The van der Waals surface area contributed by atoms with E-state index >= 15 is 0 Å². The fourth-order valence-corrected chi connectivity index (χ4v) is 3.71. The summed E-state index contributed by atoms with van der Waals surface area (Å²) in [4.78, 5) is 4.52. The average Bonchev–Trinajstić information content (AvgIpc) is 2.79. The van der Waals surface area contributed by atoms with Crippen LogP contribution in [-0.4, -0.2) is 42.5 Å². The van der Waals surface area contributed by atoms with Gasteiger partial charge in [-0.3, -0.25) is 5.41 Å². The first-order chi connectivity index (χ1) is 13.8. The van der Waals surface area contributed by atoms with Gasteiger partial charge in [0, 0.05) is 31.9 Å². The number of halogens is 1. The molecule has 1 aliphatic rings. The molecule has 30 heavy (non-hydrogen) atoms. The second-order valence-electron chi connectivity index (χ2n) is 7.06. The molecule has 4 N–H and O–H groups in total. The molecule has 0 unspecified atom stereocenters. The van der Waals surface area contributed by atoms with Crippen LogP contribution in [0, 0.1) is 5.41 Å². The van der Waals surface area contributed by atoms with Crippen molar-refractivity contribution < 1.29 is 5.48 Å². The summed E-state index contributed by atoms with van der Waals surface area (Å²) >= 11 is 0. The van der Waals surface area contributed by atoms with Crippen LogP contribution in [0.1, 0.15) is 17.2 Å². The second-order valence-corrected chi connectivity index (χ2v) is 7.06. The number of piperazine rings is 1. The molecule has 0 atom stereocenters. The molecule has 1 fully saturated rings. The molecule has 1 aliphatic heterocycles. The number of benzene rings is 3. The van der Waals surface area contributed by atoms with Crippen LogP contribution < -0.4 is 10.2 Å². The maximum absolute atomic E-state index is 8.68. The number of anilines is 1. The van der Waals surface area contributed by atoms with Gasteiger partial charge in [0.1, 0.15) is 0 Å². The van der Waals surface area contributed by atoms with E-state index in [1.165, 1.54) is 16.8 Å². The number of hydrogen-bond acceptors (Lipinski definition) is 2. The van der Waals surface area contributed by atoms with E-state index in [0.29, 0.717) is 5.96 Å². The van der Waals surface area contributed by atoms with Gasteiger partial charge in [-0.2, -0.15) is 0 Å². The Morgan fingerprint density at radius 3 is 1.60 bits per heavy atom. The van der Waals surface area contributed by atoms with Crippen LogP contribution in [0.25, 0.3) is 0 Å². The van der Waals surface area contributed by atoms with Crippen LogP contribution in [0.2, 0.25) is 0 Å². The van der Waals surface area contributed by atoms with Gasteiger partial charge in [0.05, 0.1) is 6.04 Å². The standard InChI is InChI=1S/C24H26N4.HI.H2O/c25-24(28-18-16-27(17-19-28)22-14-8-3-9-15-22)26-23(20-10-4-1-5-11-20)21-12-6-2-7-13-21;;/h1-15,23H,16-19H2,(H2,25,26);1H;1H2. The van der Waals surface area contributed by atoms with Crippen molar-refractivity contribution in [3.8, 4) is 0 Å². The maximum atomic E-state index is 8.68. The van der Waals surface area contributed by atoms with Gasteiger partial charge in [-0.05, 0) is 23.3 Å². The van der Waals surface area contributed by atoms with E-state index in [4.69, 9.17) is 5.41 Å². The zero-order chi connectivity index (χ0) is 19.2. The molecule has 0 amide bonds. The van der Waals surface area contributed by atoms with Crippen molar-refractivity contribution in [3.63, 3.8) is 0 Å². The highest BCUT2D eigenvalue weighted by Crippen LogP contribution is 2.22. The lowest BCUT2D eigenvalue weighted by atomic mass is 9.99. The topological polar surface area (TPSA) is 73.9 Å². The second kappa shape index (κ2) is 11.6. The highest BCUT2D eigenvalue weighted by Gasteiger charge is 2.22. The molecule has 5 nitrogen and oxygen atoms in total. The number of nitrogens with one attached hydrogen (secondary N) is 2. The first-order valence-corrected chi connectivity index (χ1v) is 9.81. The van der Waals surface area contributed by atoms with E-state index in [2.05, 4.69) is 87.9 Å². The lowest BCUT2D eigenvalue weighted by Crippen LogP contribution is -2.52. The minimum atomic E-state index is -0.0259. The van der Waals surface area contributed by atoms with Crippen LogP contribution in [0.5, 0.6) is 0 Å². The molecule has 0 spiro atoms.